The molecule has 0 aliphatic carbocycles. The Labute approximate surface area is 98.6 Å². The van der Waals surface area contributed by atoms with Crippen LogP contribution in [0.5, 0.6) is 0 Å². The minimum Gasteiger partial charge on any atom is -0.294 e. The molecule has 4 heteroatoms. The fraction of sp³-hybridized carbons (Fsp3) is 0.462. The minimum absolute atomic E-state index is 0.0967. The lowest BCUT2D eigenvalue weighted by Crippen LogP contribution is -2.12. The summed E-state index contributed by atoms with van der Waals surface area (Å²) in [6.45, 7) is 3.76. The summed E-state index contributed by atoms with van der Waals surface area (Å²) in [4.78, 5) is 11.8. The van der Waals surface area contributed by atoms with Gasteiger partial charge in [-0.25, -0.2) is 0 Å². The van der Waals surface area contributed by atoms with E-state index in [9.17, 15) is 18.0 Å². The predicted molar refractivity (Wildman–Crippen MR) is 59.8 cm³/mol. The van der Waals surface area contributed by atoms with Gasteiger partial charge in [-0.2, -0.15) is 13.2 Å². The van der Waals surface area contributed by atoms with Gasteiger partial charge in [-0.05, 0) is 18.6 Å². The Balaban J connectivity index is 2.84. The highest BCUT2D eigenvalue weighted by Crippen LogP contribution is 2.29. The normalized spacial score (nSPS) is 13.5. The molecule has 0 spiro atoms. The summed E-state index contributed by atoms with van der Waals surface area (Å²) in [5, 5.41) is 0. The second kappa shape index (κ2) is 5.34. The second-order valence-corrected chi connectivity index (χ2v) is 4.13. The van der Waals surface area contributed by atoms with Crippen molar-refractivity contribution >= 4 is 5.78 Å². The number of benzene rings is 1. The Kier molecular flexibility index (Phi) is 4.32. The van der Waals surface area contributed by atoms with Crippen LogP contribution in [0.3, 0.4) is 0 Å². The molecule has 1 nitrogen and oxygen atoms in total. The third kappa shape index (κ3) is 3.58. The van der Waals surface area contributed by atoms with E-state index >= 15 is 0 Å². The van der Waals surface area contributed by atoms with Gasteiger partial charge in [0.05, 0.1) is 5.56 Å². The van der Waals surface area contributed by atoms with Crippen molar-refractivity contribution in [1.82, 2.24) is 0 Å². The lowest BCUT2D eigenvalue weighted by atomic mass is 9.95. The fourth-order valence-electron chi connectivity index (χ4n) is 1.67. The van der Waals surface area contributed by atoms with Crippen LogP contribution in [0, 0.1) is 5.92 Å². The zero-order valence-corrected chi connectivity index (χ0v) is 9.84. The Morgan fingerprint density at radius 2 is 1.76 bits per heavy atom. The van der Waals surface area contributed by atoms with Gasteiger partial charge in [0.2, 0.25) is 0 Å². The van der Waals surface area contributed by atoms with Gasteiger partial charge >= 0.3 is 6.18 Å². The molecule has 17 heavy (non-hydrogen) atoms. The summed E-state index contributed by atoms with van der Waals surface area (Å²) in [6, 6.07) is 4.40. The smallest absolute Gasteiger partial charge is 0.294 e. The number of rotatable bonds is 4. The maximum absolute atomic E-state index is 12.3. The van der Waals surface area contributed by atoms with Crippen LogP contribution in [0.2, 0.25) is 0 Å². The van der Waals surface area contributed by atoms with Crippen LogP contribution < -0.4 is 0 Å². The molecule has 0 saturated carbocycles. The van der Waals surface area contributed by atoms with E-state index < -0.39 is 11.7 Å². The van der Waals surface area contributed by atoms with Crippen molar-refractivity contribution in [1.29, 1.82) is 0 Å². The van der Waals surface area contributed by atoms with Crippen LogP contribution in [0.1, 0.15) is 42.6 Å². The summed E-state index contributed by atoms with van der Waals surface area (Å²) in [5.41, 5.74) is -0.379. The summed E-state index contributed by atoms with van der Waals surface area (Å²) < 4.78 is 36.9. The molecular weight excluding hydrogens is 229 g/mol. The van der Waals surface area contributed by atoms with Gasteiger partial charge in [-0.1, -0.05) is 32.4 Å². The lowest BCUT2D eigenvalue weighted by Gasteiger charge is -2.10. The van der Waals surface area contributed by atoms with Crippen molar-refractivity contribution in [2.45, 2.75) is 32.9 Å². The van der Waals surface area contributed by atoms with Gasteiger partial charge in [-0.15, -0.1) is 0 Å². The van der Waals surface area contributed by atoms with Gasteiger partial charge in [0, 0.05) is 11.5 Å². The number of hydrogen-bond donors (Lipinski definition) is 0. The topological polar surface area (TPSA) is 17.1 Å². The van der Waals surface area contributed by atoms with Crippen LogP contribution in [-0.4, -0.2) is 5.78 Å². The van der Waals surface area contributed by atoms with Gasteiger partial charge < -0.3 is 0 Å². The Bertz CT molecular complexity index is 379. The quantitative estimate of drug-likeness (QED) is 0.721. The molecule has 94 valence electrons. The van der Waals surface area contributed by atoms with E-state index in [0.717, 1.165) is 25.0 Å². The molecule has 0 amide bonds. The summed E-state index contributed by atoms with van der Waals surface area (Å²) >= 11 is 0. The highest BCUT2D eigenvalue weighted by atomic mass is 19.4. The average Bonchev–Trinajstić information content (AvgIpc) is 2.27. The van der Waals surface area contributed by atoms with Crippen molar-refractivity contribution in [3.8, 4) is 0 Å². The maximum atomic E-state index is 12.3. The number of carbonyl (C=O) groups is 1. The second-order valence-electron chi connectivity index (χ2n) is 4.13. The molecule has 0 aliphatic heterocycles. The average molecular weight is 244 g/mol. The van der Waals surface area contributed by atoms with Gasteiger partial charge in [0.1, 0.15) is 0 Å². The third-order valence-electron chi connectivity index (χ3n) is 2.67. The van der Waals surface area contributed by atoms with Gasteiger partial charge in [-0.3, -0.25) is 4.79 Å². The van der Waals surface area contributed by atoms with E-state index in [2.05, 4.69) is 0 Å². The van der Waals surface area contributed by atoms with Crippen LogP contribution >= 0.6 is 0 Å². The number of alkyl halides is 3. The molecule has 0 saturated heterocycles. The van der Waals surface area contributed by atoms with Crippen molar-refractivity contribution in [3.63, 3.8) is 0 Å². The first-order chi connectivity index (χ1) is 7.86. The molecule has 1 atom stereocenters. The predicted octanol–water partition coefficient (Wildman–Crippen LogP) is 4.32. The number of hydrogen-bond acceptors (Lipinski definition) is 1. The van der Waals surface area contributed by atoms with Crippen molar-refractivity contribution < 1.29 is 18.0 Å². The highest BCUT2D eigenvalue weighted by Gasteiger charge is 2.30. The molecule has 0 heterocycles. The van der Waals surface area contributed by atoms with Crippen molar-refractivity contribution in [2.75, 3.05) is 0 Å². The lowest BCUT2D eigenvalue weighted by molar-refractivity contribution is -0.137. The first-order valence-electron chi connectivity index (χ1n) is 5.57. The van der Waals surface area contributed by atoms with E-state index in [0.29, 0.717) is 5.56 Å². The molecule has 0 aromatic heterocycles. The molecular formula is C13H15F3O. The molecule has 1 rings (SSSR count). The third-order valence-corrected chi connectivity index (χ3v) is 2.67. The molecule has 0 bridgehead atoms. The Hall–Kier alpha value is -1.32. The number of carbonyl (C=O) groups excluding carboxylic acids is 1. The minimum atomic E-state index is -4.35. The van der Waals surface area contributed by atoms with E-state index in [1.54, 1.807) is 6.92 Å². The molecule has 0 radical (unpaired) electrons. The first kappa shape index (κ1) is 13.7. The SMILES string of the molecule is CCCC(C)C(=O)c1ccc(C(F)(F)F)cc1. The van der Waals surface area contributed by atoms with E-state index in [-0.39, 0.29) is 11.7 Å². The van der Waals surface area contributed by atoms with Crippen LogP contribution in [-0.2, 0) is 6.18 Å². The standard InChI is InChI=1S/C13H15F3O/c1-3-4-9(2)12(17)10-5-7-11(8-6-10)13(14,15)16/h5-9H,3-4H2,1-2H3. The summed E-state index contributed by atoms with van der Waals surface area (Å²) in [7, 11) is 0. The fourth-order valence-corrected chi connectivity index (χ4v) is 1.67. The maximum Gasteiger partial charge on any atom is 0.416 e. The molecule has 1 aromatic rings. The first-order valence-corrected chi connectivity index (χ1v) is 5.57. The van der Waals surface area contributed by atoms with Crippen molar-refractivity contribution in [3.05, 3.63) is 35.4 Å². The molecule has 0 N–H and O–H groups in total. The monoisotopic (exact) mass is 244 g/mol. The highest BCUT2D eigenvalue weighted by molar-refractivity contribution is 5.97. The van der Waals surface area contributed by atoms with Crippen LogP contribution in [0.4, 0.5) is 13.2 Å². The number of halogens is 3. The molecule has 0 fully saturated rings. The van der Waals surface area contributed by atoms with Gasteiger partial charge in [0.15, 0.2) is 5.78 Å². The van der Waals surface area contributed by atoms with E-state index in [4.69, 9.17) is 0 Å². The number of ketones is 1. The molecule has 1 unspecified atom stereocenters. The zero-order chi connectivity index (χ0) is 13.1. The van der Waals surface area contributed by atoms with E-state index in [1.165, 1.54) is 12.1 Å². The molecule has 0 aliphatic rings. The van der Waals surface area contributed by atoms with Crippen molar-refractivity contribution in [2.24, 2.45) is 5.92 Å². The largest absolute Gasteiger partial charge is 0.416 e. The van der Waals surface area contributed by atoms with Crippen LogP contribution in [0.25, 0.3) is 0 Å². The molecule has 1 aromatic carbocycles. The summed E-state index contributed by atoms with van der Waals surface area (Å²) in [5.74, 6) is -0.239. The Morgan fingerprint density at radius 3 is 2.18 bits per heavy atom. The Morgan fingerprint density at radius 1 is 1.24 bits per heavy atom. The zero-order valence-electron chi connectivity index (χ0n) is 9.84. The van der Waals surface area contributed by atoms with E-state index in [1.807, 2.05) is 6.92 Å². The summed E-state index contributed by atoms with van der Waals surface area (Å²) in [6.07, 6.45) is -2.72. The van der Waals surface area contributed by atoms with Crippen LogP contribution in [0.15, 0.2) is 24.3 Å². The number of Topliss-reactive ketones (excluding diaryl/α,β-unsaturated/α-hetero) is 1. The van der Waals surface area contributed by atoms with Gasteiger partial charge in [0.25, 0.3) is 0 Å².